The second kappa shape index (κ2) is 18.2. The van der Waals surface area contributed by atoms with Crippen LogP contribution in [0.4, 0.5) is 0 Å². The van der Waals surface area contributed by atoms with Crippen LogP contribution in [0.15, 0.2) is 0 Å². The number of unbranched alkanes of at least 4 members (excludes halogenated alkanes) is 4. The van der Waals surface area contributed by atoms with Gasteiger partial charge in [-0.05, 0) is 24.4 Å². The van der Waals surface area contributed by atoms with Gasteiger partial charge in [0.15, 0.2) is 0 Å². The van der Waals surface area contributed by atoms with Crippen molar-refractivity contribution >= 4 is 16.5 Å². The molecule has 0 rings (SSSR count). The van der Waals surface area contributed by atoms with Gasteiger partial charge in [0.25, 0.3) is 0 Å². The third kappa shape index (κ3) is 14.6. The average molecular weight is 393 g/mol. The molecule has 0 N–H and O–H groups in total. The zero-order chi connectivity index (χ0) is 19.6. The molecule has 0 saturated carbocycles. The molecular formula is C23H54P2. The first kappa shape index (κ1) is 28.1. The van der Waals surface area contributed by atoms with Crippen molar-refractivity contribution in [1.82, 2.24) is 0 Å². The van der Waals surface area contributed by atoms with Crippen LogP contribution in [0.25, 0.3) is 0 Å². The quantitative estimate of drug-likeness (QED) is 0.244. The maximum absolute atomic E-state index is 2.94. The van der Waals surface area contributed by atoms with Crippen molar-refractivity contribution in [2.45, 2.75) is 124 Å². The summed E-state index contributed by atoms with van der Waals surface area (Å²) in [6.07, 6.45) is 22.0. The van der Waals surface area contributed by atoms with Crippen LogP contribution in [-0.2, 0) is 0 Å². The van der Waals surface area contributed by atoms with Gasteiger partial charge in [-0.1, -0.05) is 20.8 Å². The molecule has 2 heteroatoms. The Kier molecular flexibility index (Phi) is 20.5. The zero-order valence-corrected chi connectivity index (χ0v) is 21.3. The van der Waals surface area contributed by atoms with Crippen LogP contribution >= 0.6 is 16.5 Å². The van der Waals surface area contributed by atoms with Crippen molar-refractivity contribution in [2.24, 2.45) is 0 Å². The first-order valence-corrected chi connectivity index (χ1v) is 15.1. The molecule has 0 radical (unpaired) electrons. The predicted octanol–water partition coefficient (Wildman–Crippen LogP) is 8.77. The summed E-state index contributed by atoms with van der Waals surface area (Å²) < 4.78 is 0. The maximum atomic E-state index is 2.94. The first-order chi connectivity index (χ1) is 11.9. The fourth-order valence-corrected chi connectivity index (χ4v) is 9.62. The SMILES string of the molecule is CCC(P)(CC)CC.CCCC[PH](CCCC)(CCCC)CCCC. The van der Waals surface area contributed by atoms with Gasteiger partial charge >= 0.3 is 111 Å². The van der Waals surface area contributed by atoms with E-state index in [2.05, 4.69) is 57.7 Å². The van der Waals surface area contributed by atoms with Gasteiger partial charge in [0.1, 0.15) is 0 Å². The standard InChI is InChI=1S/C16H37P.C7H17P/c1-5-9-13-17(14-10-6-2,15-11-7-3)16-12-8-4;1-4-7(8,5-2)6-3/h17H,5-16H2,1-4H3;4-6,8H2,1-3H3. The minimum absolute atomic E-state index is 0.542. The number of hydrogen-bond donors (Lipinski definition) is 0. The molecule has 0 amide bonds. The summed E-state index contributed by atoms with van der Waals surface area (Å²) in [6, 6.07) is 0. The van der Waals surface area contributed by atoms with Crippen molar-refractivity contribution in [1.29, 1.82) is 0 Å². The fraction of sp³-hybridized carbons (Fsp3) is 1.00. The third-order valence-corrected chi connectivity index (χ3v) is 13.2. The molecule has 0 bridgehead atoms. The van der Waals surface area contributed by atoms with E-state index in [1.165, 1.54) is 70.6 Å². The van der Waals surface area contributed by atoms with Crippen LogP contribution in [0.1, 0.15) is 119 Å². The summed E-state index contributed by atoms with van der Waals surface area (Å²) in [4.78, 5) is 0. The van der Waals surface area contributed by atoms with Crippen molar-refractivity contribution in [3.8, 4) is 0 Å². The molecule has 0 fully saturated rings. The summed E-state index contributed by atoms with van der Waals surface area (Å²) >= 11 is 0. The molecule has 0 aromatic heterocycles. The summed E-state index contributed by atoms with van der Waals surface area (Å²) in [5.74, 6) is 0. The molecule has 0 aliphatic carbocycles. The van der Waals surface area contributed by atoms with Crippen molar-refractivity contribution in [2.75, 3.05) is 24.6 Å². The van der Waals surface area contributed by atoms with E-state index in [1.807, 2.05) is 0 Å². The molecule has 0 saturated heterocycles. The molecule has 0 spiro atoms. The van der Waals surface area contributed by atoms with Gasteiger partial charge < -0.3 is 0 Å². The third-order valence-electron chi connectivity index (χ3n) is 6.36. The predicted molar refractivity (Wildman–Crippen MR) is 131 cm³/mol. The Hall–Kier alpha value is 0.860. The monoisotopic (exact) mass is 392 g/mol. The normalized spacial score (nSPS) is 12.6. The first-order valence-electron chi connectivity index (χ1n) is 11.7. The average Bonchev–Trinajstić information content (AvgIpc) is 2.66. The van der Waals surface area contributed by atoms with Crippen molar-refractivity contribution in [3.05, 3.63) is 0 Å². The minimum atomic E-state index is -0.879. The van der Waals surface area contributed by atoms with Gasteiger partial charge in [-0.25, -0.2) is 0 Å². The van der Waals surface area contributed by atoms with E-state index in [-0.39, 0.29) is 0 Å². The van der Waals surface area contributed by atoms with Crippen LogP contribution in [0, 0.1) is 0 Å². The van der Waals surface area contributed by atoms with Gasteiger partial charge in [-0.3, -0.25) is 0 Å². The molecule has 1 atom stereocenters. The van der Waals surface area contributed by atoms with Gasteiger partial charge in [0, 0.05) is 0 Å². The molecule has 0 heterocycles. The second-order valence-electron chi connectivity index (χ2n) is 8.34. The summed E-state index contributed by atoms with van der Waals surface area (Å²) in [6.45, 7) is 16.2. The van der Waals surface area contributed by atoms with Crippen LogP contribution in [0.2, 0.25) is 0 Å². The molecule has 0 aromatic rings. The summed E-state index contributed by atoms with van der Waals surface area (Å²) in [7, 11) is 2.07. The molecule has 0 aliphatic rings. The van der Waals surface area contributed by atoms with Crippen molar-refractivity contribution < 1.29 is 0 Å². The van der Waals surface area contributed by atoms with Crippen LogP contribution < -0.4 is 0 Å². The van der Waals surface area contributed by atoms with E-state index < -0.39 is 7.26 Å². The summed E-state index contributed by atoms with van der Waals surface area (Å²) in [5, 5.41) is 0.542. The molecule has 0 aliphatic heterocycles. The van der Waals surface area contributed by atoms with Gasteiger partial charge in [-0.15, -0.1) is 9.24 Å². The molecule has 0 nitrogen and oxygen atoms in total. The Bertz CT molecular complexity index is 213. The second-order valence-corrected chi connectivity index (χ2v) is 14.6. The van der Waals surface area contributed by atoms with Crippen LogP contribution in [0.5, 0.6) is 0 Å². The Balaban J connectivity index is 0. The van der Waals surface area contributed by atoms with E-state index in [4.69, 9.17) is 0 Å². The Morgan fingerprint density at radius 2 is 0.760 bits per heavy atom. The zero-order valence-electron chi connectivity index (χ0n) is 19.2. The topological polar surface area (TPSA) is 0 Å². The van der Waals surface area contributed by atoms with Crippen LogP contribution in [-0.4, -0.2) is 29.8 Å². The Morgan fingerprint density at radius 3 is 0.880 bits per heavy atom. The van der Waals surface area contributed by atoms with E-state index in [0.717, 1.165) is 0 Å². The number of hydrogen-bond acceptors (Lipinski definition) is 0. The fourth-order valence-electron chi connectivity index (χ4n) is 3.71. The van der Waals surface area contributed by atoms with Gasteiger partial charge in [0.2, 0.25) is 0 Å². The van der Waals surface area contributed by atoms with Gasteiger partial charge in [0.05, 0.1) is 0 Å². The van der Waals surface area contributed by atoms with Crippen LogP contribution in [0.3, 0.4) is 0 Å². The van der Waals surface area contributed by atoms with E-state index in [9.17, 15) is 0 Å². The Morgan fingerprint density at radius 1 is 0.520 bits per heavy atom. The van der Waals surface area contributed by atoms with Gasteiger partial charge in [-0.2, -0.15) is 0 Å². The van der Waals surface area contributed by atoms with Crippen molar-refractivity contribution in [3.63, 3.8) is 0 Å². The summed E-state index contributed by atoms with van der Waals surface area (Å²) in [5.41, 5.74) is 0. The van der Waals surface area contributed by atoms with E-state index >= 15 is 0 Å². The molecular weight excluding hydrogens is 338 g/mol. The van der Waals surface area contributed by atoms with E-state index in [1.54, 1.807) is 24.6 Å². The molecule has 1 unspecified atom stereocenters. The number of rotatable bonds is 15. The molecule has 0 aromatic carbocycles. The van der Waals surface area contributed by atoms with E-state index in [0.29, 0.717) is 5.16 Å². The Labute approximate surface area is 165 Å². The molecule has 156 valence electrons. The molecule has 25 heavy (non-hydrogen) atoms.